The van der Waals surface area contributed by atoms with E-state index < -0.39 is 5.92 Å². The molecule has 228 valence electrons. The number of phenols is 1. The number of likely N-dealkylation sites (tertiary alicyclic amines) is 1. The number of aromatic hydroxyl groups is 1. The number of cyclic esters (lactones) is 1. The maximum Gasteiger partial charge on any atom is 0.310 e. The second kappa shape index (κ2) is 12.1. The maximum atomic E-state index is 13.4. The van der Waals surface area contributed by atoms with Crippen LogP contribution < -0.4 is 24.3 Å². The molecular weight excluding hydrogens is 572 g/mol. The molecule has 0 radical (unpaired) electrons. The Balaban J connectivity index is 0.00000329. The number of hydrogen-bond acceptors (Lipinski definition) is 9. The van der Waals surface area contributed by atoms with E-state index in [1.165, 1.54) is 19.8 Å². The minimum absolute atomic E-state index is 0. The number of benzene rings is 3. The monoisotopic (exact) mass is 608 g/mol. The van der Waals surface area contributed by atoms with Gasteiger partial charge in [0.05, 0.1) is 26.7 Å². The summed E-state index contributed by atoms with van der Waals surface area (Å²) in [5, 5.41) is 14.6. The molecule has 4 atom stereocenters. The van der Waals surface area contributed by atoms with Crippen molar-refractivity contribution < 1.29 is 33.6 Å². The quantitative estimate of drug-likeness (QED) is 0.367. The Hall–Kier alpha value is -3.66. The standard InChI is InChI=1S/C33H36N2O7.ClH/c1-38-27-12-20(13-28(39-2)32(27)36)29-22-14-25-26(42-18-41-25)15-23(22)31(24-17-40-33(37)30(24)29)34-21-8-10-35(11-9-21)16-19-6-4-3-5-7-19;/h3-7,12-15,21,24,29-31,34,36H,8-11,16-18H2,1-2H3;1H/t24?,29?,30-,31+;/m0./s1. The van der Waals surface area contributed by atoms with Crippen LogP contribution in [0, 0.1) is 11.8 Å². The first kappa shape index (κ1) is 29.4. The van der Waals surface area contributed by atoms with Crippen molar-refractivity contribution >= 4 is 18.4 Å². The Morgan fingerprint density at radius 2 is 1.58 bits per heavy atom. The minimum atomic E-state index is -0.424. The number of esters is 1. The zero-order valence-electron chi connectivity index (χ0n) is 24.3. The molecule has 2 unspecified atom stereocenters. The number of phenolic OH excluding ortho intramolecular Hbond substituents is 1. The lowest BCUT2D eigenvalue weighted by Crippen LogP contribution is -2.48. The fraction of sp³-hybridized carbons (Fsp3) is 0.424. The molecule has 9 nitrogen and oxygen atoms in total. The van der Waals surface area contributed by atoms with Crippen LogP contribution in [0.4, 0.5) is 0 Å². The molecular formula is C33H37ClN2O7. The Morgan fingerprint density at radius 3 is 2.23 bits per heavy atom. The number of carbonyl (C=O) groups is 1. The second-order valence-electron chi connectivity index (χ2n) is 11.6. The Morgan fingerprint density at radius 1 is 0.930 bits per heavy atom. The zero-order chi connectivity index (χ0) is 28.8. The summed E-state index contributed by atoms with van der Waals surface area (Å²) in [6, 6.07) is 18.5. The van der Waals surface area contributed by atoms with Gasteiger partial charge in [0.2, 0.25) is 12.5 Å². The van der Waals surface area contributed by atoms with Gasteiger partial charge < -0.3 is 34.1 Å². The Kier molecular flexibility index (Phi) is 8.31. The molecule has 3 aliphatic heterocycles. The number of methoxy groups -OCH3 is 2. The normalized spacial score (nSPS) is 24.5. The molecule has 2 N–H and O–H groups in total. The first-order valence-electron chi connectivity index (χ1n) is 14.6. The number of halogens is 1. The van der Waals surface area contributed by atoms with Crippen LogP contribution >= 0.6 is 12.4 Å². The molecule has 2 saturated heterocycles. The van der Waals surface area contributed by atoms with Crippen LogP contribution in [0.5, 0.6) is 28.7 Å². The lowest BCUT2D eigenvalue weighted by Gasteiger charge is -2.42. The summed E-state index contributed by atoms with van der Waals surface area (Å²) in [5.41, 5.74) is 4.21. The SMILES string of the molecule is COc1cc(C2c3cc4c(cc3[C@@H](NC3CCN(Cc5ccccc5)CC3)C3COC(=O)[C@H]23)OCO4)cc(OC)c1O.Cl. The van der Waals surface area contributed by atoms with Crippen molar-refractivity contribution in [2.24, 2.45) is 11.8 Å². The number of nitrogens with one attached hydrogen (secondary N) is 1. The predicted octanol–water partition coefficient (Wildman–Crippen LogP) is 4.79. The summed E-state index contributed by atoms with van der Waals surface area (Å²) in [4.78, 5) is 15.9. The number of carbonyl (C=O) groups excluding carboxylic acids is 1. The fourth-order valence-corrected chi connectivity index (χ4v) is 7.22. The van der Waals surface area contributed by atoms with Crippen molar-refractivity contribution in [2.45, 2.75) is 37.4 Å². The molecule has 43 heavy (non-hydrogen) atoms. The molecule has 0 bridgehead atoms. The summed E-state index contributed by atoms with van der Waals surface area (Å²) in [6.07, 6.45) is 2.04. The highest BCUT2D eigenvalue weighted by Gasteiger charge is 2.53. The van der Waals surface area contributed by atoms with E-state index in [-0.39, 0.29) is 60.3 Å². The summed E-state index contributed by atoms with van der Waals surface area (Å²) < 4.78 is 28.3. The van der Waals surface area contributed by atoms with Crippen LogP contribution in [-0.2, 0) is 16.1 Å². The average molecular weight is 609 g/mol. The predicted molar refractivity (Wildman–Crippen MR) is 161 cm³/mol. The highest BCUT2D eigenvalue weighted by molar-refractivity contribution is 5.85. The van der Waals surface area contributed by atoms with E-state index in [1.54, 1.807) is 12.1 Å². The average Bonchev–Trinajstić information content (AvgIpc) is 3.64. The smallest absolute Gasteiger partial charge is 0.310 e. The first-order valence-corrected chi connectivity index (χ1v) is 14.6. The molecule has 10 heteroatoms. The number of piperidine rings is 1. The summed E-state index contributed by atoms with van der Waals surface area (Å²) in [6.45, 7) is 3.47. The van der Waals surface area contributed by atoms with Crippen LogP contribution in [0.15, 0.2) is 54.6 Å². The summed E-state index contributed by atoms with van der Waals surface area (Å²) >= 11 is 0. The van der Waals surface area contributed by atoms with Crippen LogP contribution in [0.3, 0.4) is 0 Å². The summed E-state index contributed by atoms with van der Waals surface area (Å²) in [7, 11) is 3.01. The number of ether oxygens (including phenoxy) is 5. The van der Waals surface area contributed by atoms with Gasteiger partial charge in [-0.15, -0.1) is 12.4 Å². The van der Waals surface area contributed by atoms with Gasteiger partial charge in [-0.05, 0) is 72.5 Å². The highest BCUT2D eigenvalue weighted by atomic mass is 35.5. The van der Waals surface area contributed by atoms with Gasteiger partial charge in [0.15, 0.2) is 23.0 Å². The van der Waals surface area contributed by atoms with Crippen LogP contribution in [-0.4, -0.2) is 62.7 Å². The van der Waals surface area contributed by atoms with Crippen molar-refractivity contribution in [2.75, 3.05) is 40.7 Å². The van der Waals surface area contributed by atoms with E-state index in [2.05, 4.69) is 46.6 Å². The molecule has 7 rings (SSSR count). The molecule has 1 aliphatic carbocycles. The molecule has 0 saturated carbocycles. The van der Waals surface area contributed by atoms with Gasteiger partial charge in [-0.25, -0.2) is 0 Å². The van der Waals surface area contributed by atoms with Crippen LogP contribution in [0.25, 0.3) is 0 Å². The van der Waals surface area contributed by atoms with E-state index in [9.17, 15) is 9.90 Å². The van der Waals surface area contributed by atoms with Gasteiger partial charge >= 0.3 is 5.97 Å². The molecule has 3 aromatic carbocycles. The van der Waals surface area contributed by atoms with Gasteiger partial charge in [-0.1, -0.05) is 30.3 Å². The third kappa shape index (κ3) is 5.34. The van der Waals surface area contributed by atoms with Gasteiger partial charge in [-0.2, -0.15) is 0 Å². The number of nitrogens with zero attached hydrogens (tertiary/aromatic N) is 1. The van der Waals surface area contributed by atoms with E-state index in [1.807, 2.05) is 6.07 Å². The van der Waals surface area contributed by atoms with Crippen molar-refractivity contribution in [3.8, 4) is 28.7 Å². The van der Waals surface area contributed by atoms with Crippen molar-refractivity contribution in [1.29, 1.82) is 0 Å². The highest BCUT2D eigenvalue weighted by Crippen LogP contribution is 2.55. The minimum Gasteiger partial charge on any atom is -0.502 e. The molecule has 4 aliphatic rings. The molecule has 0 amide bonds. The lowest BCUT2D eigenvalue weighted by molar-refractivity contribution is -0.141. The van der Waals surface area contributed by atoms with Gasteiger partial charge in [0.25, 0.3) is 0 Å². The maximum absolute atomic E-state index is 13.4. The topological polar surface area (TPSA) is 98.7 Å². The van der Waals surface area contributed by atoms with Gasteiger partial charge in [0, 0.05) is 30.5 Å². The van der Waals surface area contributed by atoms with Gasteiger partial charge in [0.1, 0.15) is 0 Å². The molecule has 0 aromatic heterocycles. The molecule has 3 heterocycles. The second-order valence-corrected chi connectivity index (χ2v) is 11.6. The fourth-order valence-electron chi connectivity index (χ4n) is 7.22. The van der Waals surface area contributed by atoms with Crippen molar-refractivity contribution in [1.82, 2.24) is 10.2 Å². The van der Waals surface area contributed by atoms with E-state index in [4.69, 9.17) is 23.7 Å². The van der Waals surface area contributed by atoms with Crippen molar-refractivity contribution in [3.05, 3.63) is 76.9 Å². The van der Waals surface area contributed by atoms with E-state index >= 15 is 0 Å². The Labute approximate surface area is 257 Å². The van der Waals surface area contributed by atoms with Crippen molar-refractivity contribution in [3.63, 3.8) is 0 Å². The van der Waals surface area contributed by atoms with E-state index in [0.29, 0.717) is 24.1 Å². The van der Waals surface area contributed by atoms with E-state index in [0.717, 1.165) is 49.2 Å². The molecule has 2 fully saturated rings. The van der Waals surface area contributed by atoms with Crippen LogP contribution in [0.1, 0.15) is 47.1 Å². The largest absolute Gasteiger partial charge is 0.502 e. The molecule has 0 spiro atoms. The first-order chi connectivity index (χ1) is 20.5. The Bertz CT molecular complexity index is 1450. The lowest BCUT2D eigenvalue weighted by atomic mass is 9.65. The summed E-state index contributed by atoms with van der Waals surface area (Å²) in [5.74, 6) is 0.808. The van der Waals surface area contributed by atoms with Gasteiger partial charge in [-0.3, -0.25) is 9.69 Å². The van der Waals surface area contributed by atoms with Crippen LogP contribution in [0.2, 0.25) is 0 Å². The number of hydrogen-bond donors (Lipinski definition) is 2. The number of rotatable bonds is 7. The zero-order valence-corrected chi connectivity index (χ0v) is 25.1. The third-order valence-electron chi connectivity index (χ3n) is 9.30. The number of fused-ring (bicyclic) bond motifs is 3. The third-order valence-corrected chi connectivity index (χ3v) is 9.30. The molecule has 3 aromatic rings.